The first-order valence-electron chi connectivity index (χ1n) is 7.25. The smallest absolute Gasteiger partial charge is 0.330 e. The molecule has 0 aromatic rings. The zero-order valence-corrected chi connectivity index (χ0v) is 11.8. The molecule has 0 radical (unpaired) electrons. The molecule has 0 aromatic heterocycles. The summed E-state index contributed by atoms with van der Waals surface area (Å²) in [5.74, 6) is -0.318. The van der Waals surface area contributed by atoms with E-state index in [4.69, 9.17) is 4.74 Å². The van der Waals surface area contributed by atoms with Crippen LogP contribution in [0.5, 0.6) is 0 Å². The van der Waals surface area contributed by atoms with Crippen LogP contribution < -0.4 is 0 Å². The molecule has 0 atom stereocenters. The summed E-state index contributed by atoms with van der Waals surface area (Å²) in [7, 11) is 0. The Kier molecular flexibility index (Phi) is 13.2. The van der Waals surface area contributed by atoms with E-state index in [0.717, 1.165) is 19.3 Å². The van der Waals surface area contributed by atoms with Gasteiger partial charge in [0.15, 0.2) is 0 Å². The van der Waals surface area contributed by atoms with Crippen molar-refractivity contribution in [2.45, 2.75) is 64.7 Å². The van der Waals surface area contributed by atoms with Crippen LogP contribution in [0.1, 0.15) is 64.7 Å². The van der Waals surface area contributed by atoms with Crippen LogP contribution in [0.25, 0.3) is 0 Å². The topological polar surface area (TPSA) is 26.3 Å². The standard InChI is InChI=1S/C16H28O2/c1-3-5-6-7-8-9-10-11-12-13-14-15-18-16(17)4-2/h4,9-10H,2-3,5-8,11-15H2,1H3/b10-9+. The van der Waals surface area contributed by atoms with Crippen molar-refractivity contribution in [1.82, 2.24) is 0 Å². The van der Waals surface area contributed by atoms with Crippen LogP contribution in [0.4, 0.5) is 0 Å². The van der Waals surface area contributed by atoms with Gasteiger partial charge in [0.25, 0.3) is 0 Å². The largest absolute Gasteiger partial charge is 0.463 e. The highest BCUT2D eigenvalue weighted by molar-refractivity contribution is 5.81. The third-order valence-electron chi connectivity index (χ3n) is 2.82. The van der Waals surface area contributed by atoms with Crippen LogP contribution in [0.3, 0.4) is 0 Å². The highest BCUT2D eigenvalue weighted by atomic mass is 16.5. The number of rotatable bonds is 12. The van der Waals surface area contributed by atoms with E-state index in [2.05, 4.69) is 25.7 Å². The molecule has 18 heavy (non-hydrogen) atoms. The Morgan fingerprint density at radius 3 is 2.17 bits per heavy atom. The van der Waals surface area contributed by atoms with Crippen LogP contribution in [0, 0.1) is 0 Å². The lowest BCUT2D eigenvalue weighted by Gasteiger charge is -2.00. The Labute approximate surface area is 112 Å². The molecule has 104 valence electrons. The zero-order valence-electron chi connectivity index (χ0n) is 11.8. The second-order valence-corrected chi connectivity index (χ2v) is 4.54. The molecule has 2 nitrogen and oxygen atoms in total. The average molecular weight is 252 g/mol. The maximum absolute atomic E-state index is 10.7. The minimum Gasteiger partial charge on any atom is -0.463 e. The fourth-order valence-electron chi connectivity index (χ4n) is 1.70. The quantitative estimate of drug-likeness (QED) is 0.216. The fourth-order valence-corrected chi connectivity index (χ4v) is 1.70. The van der Waals surface area contributed by atoms with Gasteiger partial charge in [-0.15, -0.1) is 0 Å². The van der Waals surface area contributed by atoms with Gasteiger partial charge in [-0.2, -0.15) is 0 Å². The van der Waals surface area contributed by atoms with Gasteiger partial charge >= 0.3 is 5.97 Å². The van der Waals surface area contributed by atoms with Crippen molar-refractivity contribution >= 4 is 5.97 Å². The number of allylic oxidation sites excluding steroid dienone is 2. The number of carbonyl (C=O) groups excluding carboxylic acids is 1. The summed E-state index contributed by atoms with van der Waals surface area (Å²) in [6.45, 7) is 6.11. The summed E-state index contributed by atoms with van der Waals surface area (Å²) in [5, 5.41) is 0. The highest BCUT2D eigenvalue weighted by Crippen LogP contribution is 2.05. The Morgan fingerprint density at radius 1 is 1.00 bits per heavy atom. The van der Waals surface area contributed by atoms with Gasteiger partial charge in [0, 0.05) is 6.08 Å². The van der Waals surface area contributed by atoms with Crippen molar-refractivity contribution in [2.24, 2.45) is 0 Å². The molecule has 0 aliphatic carbocycles. The predicted molar refractivity (Wildman–Crippen MR) is 77.5 cm³/mol. The van der Waals surface area contributed by atoms with Gasteiger partial charge in [0.05, 0.1) is 6.61 Å². The lowest BCUT2D eigenvalue weighted by Crippen LogP contribution is -2.01. The maximum Gasteiger partial charge on any atom is 0.330 e. The molecule has 0 amide bonds. The number of unbranched alkanes of at least 4 members (excludes halogenated alkanes) is 7. The minimum atomic E-state index is -0.318. The first kappa shape index (κ1) is 16.9. The van der Waals surface area contributed by atoms with Gasteiger partial charge in [0.2, 0.25) is 0 Å². The van der Waals surface area contributed by atoms with E-state index < -0.39 is 0 Å². The monoisotopic (exact) mass is 252 g/mol. The Balaban J connectivity index is 3.12. The summed E-state index contributed by atoms with van der Waals surface area (Å²) >= 11 is 0. The van der Waals surface area contributed by atoms with E-state index in [9.17, 15) is 4.79 Å². The van der Waals surface area contributed by atoms with E-state index >= 15 is 0 Å². The fraction of sp³-hybridized carbons (Fsp3) is 0.688. The highest BCUT2D eigenvalue weighted by Gasteiger charge is 1.94. The van der Waals surface area contributed by atoms with Gasteiger partial charge in [0.1, 0.15) is 0 Å². The van der Waals surface area contributed by atoms with Gasteiger partial charge in [-0.3, -0.25) is 0 Å². The van der Waals surface area contributed by atoms with Crippen LogP contribution in [-0.2, 0) is 9.53 Å². The van der Waals surface area contributed by atoms with E-state index in [0.29, 0.717) is 6.61 Å². The molecule has 0 unspecified atom stereocenters. The molecule has 2 heteroatoms. The van der Waals surface area contributed by atoms with Crippen molar-refractivity contribution in [1.29, 1.82) is 0 Å². The normalized spacial score (nSPS) is 10.7. The van der Waals surface area contributed by atoms with Crippen molar-refractivity contribution in [3.05, 3.63) is 24.8 Å². The molecule has 0 aliphatic rings. The molecule has 0 bridgehead atoms. The lowest BCUT2D eigenvalue weighted by molar-refractivity contribution is -0.137. The average Bonchev–Trinajstić information content (AvgIpc) is 2.39. The van der Waals surface area contributed by atoms with Crippen molar-refractivity contribution in [3.63, 3.8) is 0 Å². The molecule has 0 N–H and O–H groups in total. The van der Waals surface area contributed by atoms with Crippen LogP contribution >= 0.6 is 0 Å². The third kappa shape index (κ3) is 13.0. The number of hydrogen-bond acceptors (Lipinski definition) is 2. The molecule has 0 heterocycles. The number of hydrogen-bond donors (Lipinski definition) is 0. The van der Waals surface area contributed by atoms with Gasteiger partial charge in [-0.25, -0.2) is 4.79 Å². The third-order valence-corrected chi connectivity index (χ3v) is 2.82. The molecule has 0 saturated carbocycles. The Bertz CT molecular complexity index is 231. The predicted octanol–water partition coefficient (Wildman–Crippen LogP) is 4.80. The lowest BCUT2D eigenvalue weighted by atomic mass is 10.1. The number of esters is 1. The van der Waals surface area contributed by atoms with Crippen molar-refractivity contribution in [3.8, 4) is 0 Å². The summed E-state index contributed by atoms with van der Waals surface area (Å²) < 4.78 is 4.90. The van der Waals surface area contributed by atoms with Gasteiger partial charge < -0.3 is 4.74 Å². The molecular formula is C16H28O2. The minimum absolute atomic E-state index is 0.318. The first-order valence-corrected chi connectivity index (χ1v) is 7.25. The molecule has 0 spiro atoms. The summed E-state index contributed by atoms with van der Waals surface area (Å²) in [6, 6.07) is 0. The molecule has 0 aliphatic heterocycles. The van der Waals surface area contributed by atoms with Crippen LogP contribution in [-0.4, -0.2) is 12.6 Å². The van der Waals surface area contributed by atoms with Crippen LogP contribution in [0.2, 0.25) is 0 Å². The molecule has 0 aromatic carbocycles. The van der Waals surface area contributed by atoms with Crippen molar-refractivity contribution in [2.75, 3.05) is 6.61 Å². The van der Waals surface area contributed by atoms with E-state index in [1.54, 1.807) is 0 Å². The van der Waals surface area contributed by atoms with E-state index in [-0.39, 0.29) is 5.97 Å². The van der Waals surface area contributed by atoms with Crippen LogP contribution in [0.15, 0.2) is 24.8 Å². The Hall–Kier alpha value is -1.05. The zero-order chi connectivity index (χ0) is 13.5. The number of carbonyl (C=O) groups is 1. The Morgan fingerprint density at radius 2 is 1.61 bits per heavy atom. The molecule has 0 fully saturated rings. The van der Waals surface area contributed by atoms with Crippen molar-refractivity contribution < 1.29 is 9.53 Å². The second kappa shape index (κ2) is 14.0. The molecule has 0 saturated heterocycles. The SMILES string of the molecule is C=CC(=O)OCCCCC/C=C/CCCCCC. The summed E-state index contributed by atoms with van der Waals surface area (Å²) in [6.07, 6.45) is 16.7. The summed E-state index contributed by atoms with van der Waals surface area (Å²) in [5.41, 5.74) is 0. The van der Waals surface area contributed by atoms with Gasteiger partial charge in [-0.05, 0) is 38.5 Å². The summed E-state index contributed by atoms with van der Waals surface area (Å²) in [4.78, 5) is 10.7. The second-order valence-electron chi connectivity index (χ2n) is 4.54. The first-order chi connectivity index (χ1) is 8.81. The van der Waals surface area contributed by atoms with E-state index in [1.807, 2.05) is 0 Å². The van der Waals surface area contributed by atoms with E-state index in [1.165, 1.54) is 44.6 Å². The molecular weight excluding hydrogens is 224 g/mol. The van der Waals surface area contributed by atoms with Gasteiger partial charge in [-0.1, -0.05) is 44.9 Å². The number of ether oxygens (including phenoxy) is 1. The maximum atomic E-state index is 10.7. The molecule has 0 rings (SSSR count).